The highest BCUT2D eigenvalue weighted by molar-refractivity contribution is 7.15. The van der Waals surface area contributed by atoms with Crippen molar-refractivity contribution in [3.63, 3.8) is 0 Å². The summed E-state index contributed by atoms with van der Waals surface area (Å²) >= 11 is 1.72. The number of hydrogen-bond donors (Lipinski definition) is 0. The summed E-state index contributed by atoms with van der Waals surface area (Å²) in [7, 11) is 2.09. The van der Waals surface area contributed by atoms with E-state index in [2.05, 4.69) is 50.9 Å². The first-order valence-electron chi connectivity index (χ1n) is 8.14. The quantitative estimate of drug-likeness (QED) is 0.858. The molecule has 0 radical (unpaired) electrons. The number of hydrogen-bond acceptors (Lipinski definition) is 7. The van der Waals surface area contributed by atoms with Crippen LogP contribution in [0.1, 0.15) is 43.2 Å². The summed E-state index contributed by atoms with van der Waals surface area (Å²) in [5, 5.41) is 10.8. The lowest BCUT2D eigenvalue weighted by Gasteiger charge is -2.36. The maximum Gasteiger partial charge on any atom is 0.225 e. The molecule has 1 aliphatic heterocycles. The fraction of sp³-hybridized carbons (Fsp3) is 0.625. The second kappa shape index (κ2) is 6.78. The summed E-state index contributed by atoms with van der Waals surface area (Å²) in [5.74, 6) is 1.26. The number of aryl methyl sites for hydroxylation is 1. The van der Waals surface area contributed by atoms with E-state index in [4.69, 9.17) is 0 Å². The SMILES string of the molecule is Cc1cnc(N(C)C2CCN(c3nnc(C(C)C)s3)CC2)nc1. The molecule has 0 saturated carbocycles. The highest BCUT2D eigenvalue weighted by Gasteiger charge is 2.25. The number of anilines is 2. The molecule has 0 amide bonds. The van der Waals surface area contributed by atoms with Crippen molar-refractivity contribution in [3.8, 4) is 0 Å². The Balaban J connectivity index is 1.60. The smallest absolute Gasteiger partial charge is 0.225 e. The first kappa shape index (κ1) is 16.1. The molecule has 0 aromatic carbocycles. The Kier molecular flexibility index (Phi) is 4.75. The van der Waals surface area contributed by atoms with Gasteiger partial charge in [0.15, 0.2) is 0 Å². The minimum absolute atomic E-state index is 0.448. The van der Waals surface area contributed by atoms with Crippen molar-refractivity contribution < 1.29 is 0 Å². The van der Waals surface area contributed by atoms with Gasteiger partial charge in [-0.15, -0.1) is 10.2 Å². The van der Waals surface area contributed by atoms with Crippen molar-refractivity contribution in [2.75, 3.05) is 29.9 Å². The third-order valence-corrected chi connectivity index (χ3v) is 5.57. The molecule has 1 saturated heterocycles. The summed E-state index contributed by atoms with van der Waals surface area (Å²) in [4.78, 5) is 13.4. The maximum absolute atomic E-state index is 4.43. The lowest BCUT2D eigenvalue weighted by molar-refractivity contribution is 0.476. The molecular weight excluding hydrogens is 308 g/mol. The van der Waals surface area contributed by atoms with E-state index < -0.39 is 0 Å². The highest BCUT2D eigenvalue weighted by Crippen LogP contribution is 2.28. The monoisotopic (exact) mass is 332 g/mol. The van der Waals surface area contributed by atoms with E-state index in [1.165, 1.54) is 0 Å². The zero-order valence-corrected chi connectivity index (χ0v) is 15.0. The van der Waals surface area contributed by atoms with E-state index in [-0.39, 0.29) is 0 Å². The molecular formula is C16H24N6S. The van der Waals surface area contributed by atoms with Crippen LogP contribution in [0, 0.1) is 6.92 Å². The van der Waals surface area contributed by atoms with Crippen molar-refractivity contribution in [2.24, 2.45) is 0 Å². The second-order valence-electron chi connectivity index (χ2n) is 6.47. The molecule has 1 fully saturated rings. The number of rotatable bonds is 4. The van der Waals surface area contributed by atoms with Gasteiger partial charge in [-0.3, -0.25) is 0 Å². The van der Waals surface area contributed by atoms with Crippen molar-refractivity contribution >= 4 is 22.4 Å². The first-order chi connectivity index (χ1) is 11.0. The third kappa shape index (κ3) is 3.60. The Bertz CT molecular complexity index is 630. The van der Waals surface area contributed by atoms with Crippen LogP contribution in [-0.2, 0) is 0 Å². The standard InChI is InChI=1S/C16H24N6S/c1-11(2)14-19-20-16(23-14)22-7-5-13(6-8-22)21(4)15-17-9-12(3)10-18-15/h9-11,13H,5-8H2,1-4H3. The Labute approximate surface area is 141 Å². The van der Waals surface area contributed by atoms with Crippen LogP contribution < -0.4 is 9.80 Å². The van der Waals surface area contributed by atoms with Gasteiger partial charge in [-0.1, -0.05) is 25.2 Å². The van der Waals surface area contributed by atoms with Crippen LogP contribution >= 0.6 is 11.3 Å². The Morgan fingerprint density at radius 2 is 1.83 bits per heavy atom. The zero-order valence-electron chi connectivity index (χ0n) is 14.2. The van der Waals surface area contributed by atoms with Crippen LogP contribution in [0.2, 0.25) is 0 Å². The molecule has 2 aromatic heterocycles. The summed E-state index contributed by atoms with van der Waals surface area (Å²) in [6.07, 6.45) is 5.93. The molecule has 124 valence electrons. The second-order valence-corrected chi connectivity index (χ2v) is 7.45. The van der Waals surface area contributed by atoms with Crippen LogP contribution in [0.3, 0.4) is 0 Å². The summed E-state index contributed by atoms with van der Waals surface area (Å²) < 4.78 is 0. The van der Waals surface area contributed by atoms with Crippen molar-refractivity contribution in [3.05, 3.63) is 23.0 Å². The van der Waals surface area contributed by atoms with E-state index in [1.54, 1.807) is 11.3 Å². The molecule has 7 heteroatoms. The van der Waals surface area contributed by atoms with E-state index >= 15 is 0 Å². The molecule has 3 heterocycles. The van der Waals surface area contributed by atoms with Gasteiger partial charge < -0.3 is 9.80 Å². The summed E-state index contributed by atoms with van der Waals surface area (Å²) in [6, 6.07) is 0.478. The number of nitrogens with zero attached hydrogens (tertiary/aromatic N) is 6. The molecule has 0 spiro atoms. The number of aromatic nitrogens is 4. The minimum atomic E-state index is 0.448. The van der Waals surface area contributed by atoms with Crippen LogP contribution in [0.25, 0.3) is 0 Å². The first-order valence-corrected chi connectivity index (χ1v) is 8.96. The van der Waals surface area contributed by atoms with Crippen molar-refractivity contribution in [1.29, 1.82) is 0 Å². The molecule has 0 atom stereocenters. The zero-order chi connectivity index (χ0) is 16.4. The van der Waals surface area contributed by atoms with Crippen LogP contribution in [0.15, 0.2) is 12.4 Å². The van der Waals surface area contributed by atoms with E-state index in [0.717, 1.165) is 47.6 Å². The van der Waals surface area contributed by atoms with E-state index in [9.17, 15) is 0 Å². The van der Waals surface area contributed by atoms with Gasteiger partial charge in [0, 0.05) is 44.5 Å². The van der Waals surface area contributed by atoms with Crippen molar-refractivity contribution in [1.82, 2.24) is 20.2 Å². The average Bonchev–Trinajstić information content (AvgIpc) is 3.05. The van der Waals surface area contributed by atoms with E-state index in [1.807, 2.05) is 19.3 Å². The fourth-order valence-electron chi connectivity index (χ4n) is 2.76. The molecule has 1 aliphatic rings. The molecule has 2 aromatic rings. The highest BCUT2D eigenvalue weighted by atomic mass is 32.1. The average molecular weight is 332 g/mol. The van der Waals surface area contributed by atoms with Crippen molar-refractivity contribution in [2.45, 2.75) is 45.6 Å². The Morgan fingerprint density at radius 1 is 1.17 bits per heavy atom. The van der Waals surface area contributed by atoms with Gasteiger partial charge in [-0.05, 0) is 25.3 Å². The summed E-state index contributed by atoms with van der Waals surface area (Å²) in [5.41, 5.74) is 1.09. The van der Waals surface area contributed by atoms with Gasteiger partial charge in [-0.2, -0.15) is 0 Å². The fourth-order valence-corrected chi connectivity index (χ4v) is 3.66. The van der Waals surface area contributed by atoms with Gasteiger partial charge in [0.1, 0.15) is 5.01 Å². The maximum atomic E-state index is 4.43. The predicted molar refractivity (Wildman–Crippen MR) is 94.4 cm³/mol. The number of piperidine rings is 1. The largest absolute Gasteiger partial charge is 0.347 e. The molecule has 0 N–H and O–H groups in total. The third-order valence-electron chi connectivity index (χ3n) is 4.29. The lowest BCUT2D eigenvalue weighted by Crippen LogP contribution is -2.44. The van der Waals surface area contributed by atoms with E-state index in [0.29, 0.717) is 12.0 Å². The normalized spacial score (nSPS) is 16.1. The topological polar surface area (TPSA) is 58.0 Å². The van der Waals surface area contributed by atoms with Gasteiger partial charge in [0.05, 0.1) is 0 Å². The van der Waals surface area contributed by atoms with Gasteiger partial charge in [0.25, 0.3) is 0 Å². The van der Waals surface area contributed by atoms with Gasteiger partial charge in [0.2, 0.25) is 11.1 Å². The minimum Gasteiger partial charge on any atom is -0.347 e. The Morgan fingerprint density at radius 3 is 2.39 bits per heavy atom. The summed E-state index contributed by atoms with van der Waals surface area (Å²) in [6.45, 7) is 8.34. The van der Waals surface area contributed by atoms with Crippen LogP contribution in [0.5, 0.6) is 0 Å². The molecule has 0 aliphatic carbocycles. The van der Waals surface area contributed by atoms with Gasteiger partial charge in [-0.25, -0.2) is 9.97 Å². The van der Waals surface area contributed by atoms with Crippen LogP contribution in [-0.4, -0.2) is 46.3 Å². The van der Waals surface area contributed by atoms with Gasteiger partial charge >= 0.3 is 0 Å². The molecule has 3 rings (SSSR count). The lowest BCUT2D eigenvalue weighted by atomic mass is 10.0. The molecule has 0 unspecified atom stereocenters. The Hall–Kier alpha value is -1.76. The molecule has 0 bridgehead atoms. The van der Waals surface area contributed by atoms with Crippen LogP contribution in [0.4, 0.5) is 11.1 Å². The molecule has 6 nitrogen and oxygen atoms in total. The predicted octanol–water partition coefficient (Wildman–Crippen LogP) is 2.87. The molecule has 23 heavy (non-hydrogen) atoms.